The maximum atomic E-state index is 5.40. The molecular weight excluding hydrogens is 797 g/mol. The van der Waals surface area contributed by atoms with Gasteiger partial charge in [-0.05, 0) is 91.0 Å². The molecule has 0 N–H and O–H groups in total. The van der Waals surface area contributed by atoms with Gasteiger partial charge < -0.3 is 0 Å². The summed E-state index contributed by atoms with van der Waals surface area (Å²) in [7, 11) is 0. The van der Waals surface area contributed by atoms with Gasteiger partial charge in [0.2, 0.25) is 0 Å². The van der Waals surface area contributed by atoms with Gasteiger partial charge >= 0.3 is 0 Å². The van der Waals surface area contributed by atoms with Crippen LogP contribution in [0.4, 0.5) is 0 Å². The Hall–Kier alpha value is -8.72. The molecule has 0 bridgehead atoms. The molecule has 310 valence electrons. The van der Waals surface area contributed by atoms with E-state index in [1.54, 1.807) is 0 Å². The molecule has 0 atom stereocenters. The lowest BCUT2D eigenvalue weighted by molar-refractivity contribution is 1.32. The molecule has 9 aromatic carbocycles. The Balaban J connectivity index is 1.39. The first-order valence-electron chi connectivity index (χ1n) is 22.5. The molecule has 0 spiro atoms. The molecule has 0 fully saturated rings. The fourth-order valence-electron chi connectivity index (χ4n) is 9.28. The standard InChI is InChI=1S/C64H44N2/c1-9-25-45(26-10-1)55-41-53(42-56(65-55)46-27-11-2-12-28-46)63-59(49-33-17-5-18-34-49)61(51-37-21-7-22-38-51)64(62(52-39-23-8-24-40-52)60(63)50-35-19-6-20-36-50)54-43-57(47-29-13-3-14-30-47)66-58(44-54)48-31-15-4-16-32-48/h1-44H. The molecule has 0 radical (unpaired) electrons. The van der Waals surface area contributed by atoms with Gasteiger partial charge in [0.15, 0.2) is 0 Å². The number of hydrogen-bond acceptors (Lipinski definition) is 2. The van der Waals surface area contributed by atoms with E-state index in [1.165, 1.54) is 0 Å². The Labute approximate surface area is 386 Å². The molecule has 2 heteroatoms. The van der Waals surface area contributed by atoms with Gasteiger partial charge in [-0.2, -0.15) is 0 Å². The fourth-order valence-corrected chi connectivity index (χ4v) is 9.28. The topological polar surface area (TPSA) is 25.8 Å². The predicted octanol–water partition coefficient (Wildman–Crippen LogP) is 17.1. The Bertz CT molecular complexity index is 2940. The number of rotatable bonds is 10. The molecule has 11 aromatic rings. The van der Waals surface area contributed by atoms with Crippen molar-refractivity contribution in [2.75, 3.05) is 0 Å². The van der Waals surface area contributed by atoms with Crippen LogP contribution in [0.15, 0.2) is 267 Å². The quantitative estimate of drug-likeness (QED) is 0.137. The number of aromatic nitrogens is 2. The van der Waals surface area contributed by atoms with E-state index in [0.717, 1.165) is 112 Å². The van der Waals surface area contributed by atoms with E-state index in [4.69, 9.17) is 9.97 Å². The van der Waals surface area contributed by atoms with Crippen LogP contribution in [0, 0.1) is 0 Å². The highest BCUT2D eigenvalue weighted by atomic mass is 14.7. The molecule has 11 rings (SSSR count). The number of pyridine rings is 2. The number of benzene rings is 9. The van der Waals surface area contributed by atoms with Crippen molar-refractivity contribution in [1.82, 2.24) is 9.97 Å². The first kappa shape index (κ1) is 40.1. The third-order valence-corrected chi connectivity index (χ3v) is 12.3. The molecule has 0 unspecified atom stereocenters. The summed E-state index contributed by atoms with van der Waals surface area (Å²) in [6, 6.07) is 95.3. The lowest BCUT2D eigenvalue weighted by atomic mass is 9.74. The van der Waals surface area contributed by atoms with E-state index in [2.05, 4.69) is 267 Å². The average Bonchev–Trinajstić information content (AvgIpc) is 3.41. The van der Waals surface area contributed by atoms with E-state index in [0.29, 0.717) is 0 Å². The zero-order valence-electron chi connectivity index (χ0n) is 36.3. The van der Waals surface area contributed by atoms with Crippen molar-refractivity contribution in [3.8, 4) is 112 Å². The monoisotopic (exact) mass is 840 g/mol. The first-order chi connectivity index (χ1) is 32.8. The Morgan fingerprint density at radius 1 is 0.152 bits per heavy atom. The predicted molar refractivity (Wildman–Crippen MR) is 276 cm³/mol. The third-order valence-electron chi connectivity index (χ3n) is 12.3. The van der Waals surface area contributed by atoms with Gasteiger partial charge in [-0.15, -0.1) is 0 Å². The normalized spacial score (nSPS) is 11.0. The van der Waals surface area contributed by atoms with Crippen LogP contribution in [-0.4, -0.2) is 9.97 Å². The minimum absolute atomic E-state index is 0.908. The van der Waals surface area contributed by atoms with E-state index in [-0.39, 0.29) is 0 Å². The number of nitrogens with zero attached hydrogens (tertiary/aromatic N) is 2. The summed E-state index contributed by atoms with van der Waals surface area (Å²) >= 11 is 0. The highest BCUT2D eigenvalue weighted by molar-refractivity contribution is 6.15. The fraction of sp³-hybridized carbons (Fsp3) is 0. The molecule has 0 amide bonds. The van der Waals surface area contributed by atoms with Crippen LogP contribution in [0.5, 0.6) is 0 Å². The van der Waals surface area contributed by atoms with E-state index < -0.39 is 0 Å². The molecule has 0 saturated heterocycles. The lowest BCUT2D eigenvalue weighted by Gasteiger charge is -2.29. The summed E-state index contributed by atoms with van der Waals surface area (Å²) in [4.78, 5) is 10.8. The van der Waals surface area contributed by atoms with E-state index >= 15 is 0 Å². The maximum absolute atomic E-state index is 5.40. The average molecular weight is 841 g/mol. The van der Waals surface area contributed by atoms with Crippen molar-refractivity contribution in [1.29, 1.82) is 0 Å². The van der Waals surface area contributed by atoms with E-state index in [9.17, 15) is 0 Å². The minimum atomic E-state index is 0.908. The second kappa shape index (κ2) is 18.2. The van der Waals surface area contributed by atoms with Gasteiger partial charge in [0.25, 0.3) is 0 Å². The first-order valence-corrected chi connectivity index (χ1v) is 22.5. The SMILES string of the molecule is c1ccc(-c2cc(-c3c(-c4ccccc4)c(-c4ccccc4)c(-c4cc(-c5ccccc5)nc(-c5ccccc5)c4)c(-c4ccccc4)c3-c3ccccc3)cc(-c3ccccc3)n2)cc1. The zero-order valence-corrected chi connectivity index (χ0v) is 36.3. The second-order valence-corrected chi connectivity index (χ2v) is 16.4. The van der Waals surface area contributed by atoms with Crippen LogP contribution in [-0.2, 0) is 0 Å². The molecule has 66 heavy (non-hydrogen) atoms. The summed E-state index contributed by atoms with van der Waals surface area (Å²) in [6.07, 6.45) is 0. The Kier molecular flexibility index (Phi) is 11.0. The lowest BCUT2D eigenvalue weighted by Crippen LogP contribution is -2.03. The highest BCUT2D eigenvalue weighted by Gasteiger charge is 2.30. The van der Waals surface area contributed by atoms with Gasteiger partial charge in [-0.25, -0.2) is 9.97 Å². The van der Waals surface area contributed by atoms with Crippen LogP contribution >= 0.6 is 0 Å². The highest BCUT2D eigenvalue weighted by Crippen LogP contribution is 2.56. The van der Waals surface area contributed by atoms with Gasteiger partial charge in [-0.3, -0.25) is 0 Å². The molecule has 0 aliphatic carbocycles. The van der Waals surface area contributed by atoms with Crippen LogP contribution < -0.4 is 0 Å². The summed E-state index contributed by atoms with van der Waals surface area (Å²) in [5.41, 5.74) is 21.3. The van der Waals surface area contributed by atoms with Gasteiger partial charge in [0, 0.05) is 22.3 Å². The Morgan fingerprint density at radius 2 is 0.303 bits per heavy atom. The molecular formula is C64H44N2. The van der Waals surface area contributed by atoms with Crippen LogP contribution in [0.25, 0.3) is 112 Å². The summed E-state index contributed by atoms with van der Waals surface area (Å²) in [6.45, 7) is 0. The largest absolute Gasteiger partial charge is 0.248 e. The molecule has 2 aromatic heterocycles. The molecule has 2 heterocycles. The van der Waals surface area contributed by atoms with Crippen LogP contribution in [0.1, 0.15) is 0 Å². The molecule has 0 aliphatic heterocycles. The van der Waals surface area contributed by atoms with Crippen molar-refractivity contribution >= 4 is 0 Å². The van der Waals surface area contributed by atoms with Crippen LogP contribution in [0.2, 0.25) is 0 Å². The van der Waals surface area contributed by atoms with Crippen molar-refractivity contribution < 1.29 is 0 Å². The van der Waals surface area contributed by atoms with Crippen LogP contribution in [0.3, 0.4) is 0 Å². The summed E-state index contributed by atoms with van der Waals surface area (Å²) in [5, 5.41) is 0. The smallest absolute Gasteiger partial charge is 0.0715 e. The number of hydrogen-bond donors (Lipinski definition) is 0. The minimum Gasteiger partial charge on any atom is -0.248 e. The van der Waals surface area contributed by atoms with Crippen molar-refractivity contribution in [3.05, 3.63) is 267 Å². The summed E-state index contributed by atoms with van der Waals surface area (Å²) < 4.78 is 0. The molecule has 2 nitrogen and oxygen atoms in total. The maximum Gasteiger partial charge on any atom is 0.0715 e. The molecule has 0 aliphatic rings. The second-order valence-electron chi connectivity index (χ2n) is 16.4. The molecule has 0 saturated carbocycles. The van der Waals surface area contributed by atoms with Gasteiger partial charge in [0.1, 0.15) is 0 Å². The van der Waals surface area contributed by atoms with Crippen molar-refractivity contribution in [3.63, 3.8) is 0 Å². The van der Waals surface area contributed by atoms with Gasteiger partial charge in [0.05, 0.1) is 22.8 Å². The summed E-state index contributed by atoms with van der Waals surface area (Å²) in [5.74, 6) is 0. The van der Waals surface area contributed by atoms with E-state index in [1.807, 2.05) is 0 Å². The Morgan fingerprint density at radius 3 is 0.485 bits per heavy atom. The van der Waals surface area contributed by atoms with Crippen molar-refractivity contribution in [2.24, 2.45) is 0 Å². The third kappa shape index (κ3) is 7.93. The van der Waals surface area contributed by atoms with Crippen molar-refractivity contribution in [2.45, 2.75) is 0 Å². The zero-order chi connectivity index (χ0) is 44.1. The van der Waals surface area contributed by atoms with Gasteiger partial charge in [-0.1, -0.05) is 243 Å².